The number of hydrogen-bond acceptors (Lipinski definition) is 2. The molecule has 96 valence electrons. The van der Waals surface area contributed by atoms with Crippen molar-refractivity contribution < 1.29 is 4.79 Å². The molecule has 0 unspecified atom stereocenters. The van der Waals surface area contributed by atoms with Crippen LogP contribution < -0.4 is 5.73 Å². The maximum atomic E-state index is 11.5. The molecule has 4 heteroatoms. The minimum absolute atomic E-state index is 0.172. The molecule has 1 amide bonds. The van der Waals surface area contributed by atoms with Crippen molar-refractivity contribution in [3.05, 3.63) is 30.5 Å². The highest BCUT2D eigenvalue weighted by atomic mass is 16.2. The molecule has 18 heavy (non-hydrogen) atoms. The first kappa shape index (κ1) is 12.5. The molecule has 0 spiro atoms. The van der Waals surface area contributed by atoms with Gasteiger partial charge in [-0.25, -0.2) is 0 Å². The van der Waals surface area contributed by atoms with E-state index in [1.807, 2.05) is 24.4 Å². The Hall–Kier alpha value is -1.97. The molecule has 0 saturated heterocycles. The van der Waals surface area contributed by atoms with Gasteiger partial charge >= 0.3 is 0 Å². The van der Waals surface area contributed by atoms with E-state index in [1.165, 1.54) is 0 Å². The molecule has 0 saturated carbocycles. The lowest BCUT2D eigenvalue weighted by Crippen LogP contribution is -2.21. The first-order chi connectivity index (χ1) is 8.59. The van der Waals surface area contributed by atoms with Gasteiger partial charge < -0.3 is 15.2 Å². The number of hydrogen-bond donors (Lipinski definition) is 1. The Labute approximate surface area is 107 Å². The molecule has 0 aliphatic carbocycles. The summed E-state index contributed by atoms with van der Waals surface area (Å²) in [7, 11) is 3.57. The van der Waals surface area contributed by atoms with Crippen molar-refractivity contribution in [2.45, 2.75) is 19.4 Å². The summed E-state index contributed by atoms with van der Waals surface area (Å²) in [5, 5.41) is 1.08. The lowest BCUT2D eigenvalue weighted by molar-refractivity contribution is -0.128. The molecular formula is C14H19N3O. The predicted octanol–water partition coefficient (Wildman–Crippen LogP) is 2.09. The number of nitrogen functional groups attached to an aromatic ring is 1. The van der Waals surface area contributed by atoms with Gasteiger partial charge in [0.05, 0.1) is 5.52 Å². The highest BCUT2D eigenvalue weighted by Gasteiger charge is 2.06. The smallest absolute Gasteiger partial charge is 0.222 e. The predicted molar refractivity (Wildman–Crippen MR) is 74.3 cm³/mol. The van der Waals surface area contributed by atoms with Gasteiger partial charge in [0, 0.05) is 44.3 Å². The van der Waals surface area contributed by atoms with Crippen LogP contribution in [0.5, 0.6) is 0 Å². The van der Waals surface area contributed by atoms with Crippen LogP contribution in [0.4, 0.5) is 5.69 Å². The van der Waals surface area contributed by atoms with Gasteiger partial charge in [-0.15, -0.1) is 0 Å². The van der Waals surface area contributed by atoms with Gasteiger partial charge in [0.1, 0.15) is 0 Å². The van der Waals surface area contributed by atoms with Gasteiger partial charge in [0.2, 0.25) is 5.91 Å². The van der Waals surface area contributed by atoms with Crippen LogP contribution in [0, 0.1) is 0 Å². The molecule has 1 heterocycles. The molecule has 0 atom stereocenters. The number of rotatable bonds is 4. The average molecular weight is 245 g/mol. The number of benzene rings is 1. The van der Waals surface area contributed by atoms with Crippen LogP contribution in [-0.2, 0) is 11.3 Å². The third kappa shape index (κ3) is 2.47. The standard InChI is InChI=1S/C14H19N3O/c1-16(2)14(18)7-4-9-17-10-8-11-12(15)5-3-6-13(11)17/h3,5-6,8,10H,4,7,9,15H2,1-2H3. The number of carbonyl (C=O) groups excluding carboxylic acids is 1. The Bertz CT molecular complexity index is 557. The van der Waals surface area contributed by atoms with Crippen molar-refractivity contribution >= 4 is 22.5 Å². The number of carbonyl (C=O) groups is 1. The zero-order valence-corrected chi connectivity index (χ0v) is 10.9. The topological polar surface area (TPSA) is 51.3 Å². The minimum Gasteiger partial charge on any atom is -0.398 e. The summed E-state index contributed by atoms with van der Waals surface area (Å²) >= 11 is 0. The third-order valence-electron chi connectivity index (χ3n) is 3.14. The summed E-state index contributed by atoms with van der Waals surface area (Å²) < 4.78 is 2.15. The first-order valence-corrected chi connectivity index (χ1v) is 6.13. The second kappa shape index (κ2) is 5.12. The zero-order chi connectivity index (χ0) is 13.1. The van der Waals surface area contributed by atoms with E-state index in [9.17, 15) is 4.79 Å². The number of anilines is 1. The second-order valence-electron chi connectivity index (χ2n) is 4.68. The molecular weight excluding hydrogens is 226 g/mol. The van der Waals surface area contributed by atoms with E-state index in [0.717, 1.165) is 29.6 Å². The SMILES string of the molecule is CN(C)C(=O)CCCn1ccc2c(N)cccc21. The summed E-state index contributed by atoms with van der Waals surface area (Å²) in [6, 6.07) is 7.94. The molecule has 4 nitrogen and oxygen atoms in total. The number of nitrogens with two attached hydrogens (primary N) is 1. The fourth-order valence-electron chi connectivity index (χ4n) is 2.07. The van der Waals surface area contributed by atoms with Gasteiger partial charge in [-0.1, -0.05) is 6.07 Å². The van der Waals surface area contributed by atoms with Gasteiger partial charge in [-0.05, 0) is 24.6 Å². The molecule has 1 aromatic heterocycles. The Morgan fingerprint density at radius 2 is 2.11 bits per heavy atom. The Balaban J connectivity index is 2.05. The highest BCUT2D eigenvalue weighted by Crippen LogP contribution is 2.22. The molecule has 0 aliphatic rings. The maximum Gasteiger partial charge on any atom is 0.222 e. The summed E-state index contributed by atoms with van der Waals surface area (Å²) in [6.45, 7) is 0.840. The van der Waals surface area contributed by atoms with Crippen LogP contribution in [0.15, 0.2) is 30.5 Å². The van der Waals surface area contributed by atoms with Crippen LogP contribution in [0.25, 0.3) is 10.9 Å². The quantitative estimate of drug-likeness (QED) is 0.839. The van der Waals surface area contributed by atoms with E-state index in [1.54, 1.807) is 19.0 Å². The van der Waals surface area contributed by atoms with Crippen LogP contribution >= 0.6 is 0 Å². The summed E-state index contributed by atoms with van der Waals surface area (Å²) in [6.07, 6.45) is 3.45. The fourth-order valence-corrected chi connectivity index (χ4v) is 2.07. The fraction of sp³-hybridized carbons (Fsp3) is 0.357. The summed E-state index contributed by atoms with van der Waals surface area (Å²) in [4.78, 5) is 13.1. The lowest BCUT2D eigenvalue weighted by atomic mass is 10.2. The van der Waals surface area contributed by atoms with Crippen molar-refractivity contribution in [3.63, 3.8) is 0 Å². The maximum absolute atomic E-state index is 11.5. The number of aryl methyl sites for hydroxylation is 1. The van der Waals surface area contributed by atoms with Crippen LogP contribution in [0.3, 0.4) is 0 Å². The largest absolute Gasteiger partial charge is 0.398 e. The van der Waals surface area contributed by atoms with Crippen LogP contribution in [0.2, 0.25) is 0 Å². The van der Waals surface area contributed by atoms with Crippen LogP contribution in [0.1, 0.15) is 12.8 Å². The van der Waals surface area contributed by atoms with Gasteiger partial charge in [-0.2, -0.15) is 0 Å². The number of amides is 1. The minimum atomic E-state index is 0.172. The van der Waals surface area contributed by atoms with Crippen LogP contribution in [-0.4, -0.2) is 29.5 Å². The van der Waals surface area contributed by atoms with Gasteiger partial charge in [-0.3, -0.25) is 4.79 Å². The summed E-state index contributed by atoms with van der Waals surface area (Å²) in [5.41, 5.74) is 7.85. The summed E-state index contributed by atoms with van der Waals surface area (Å²) in [5.74, 6) is 0.172. The molecule has 0 radical (unpaired) electrons. The van der Waals surface area contributed by atoms with E-state index < -0.39 is 0 Å². The molecule has 0 bridgehead atoms. The van der Waals surface area contributed by atoms with Crippen molar-refractivity contribution in [1.82, 2.24) is 9.47 Å². The molecule has 2 N–H and O–H groups in total. The van der Waals surface area contributed by atoms with E-state index in [-0.39, 0.29) is 5.91 Å². The third-order valence-corrected chi connectivity index (χ3v) is 3.14. The normalized spacial score (nSPS) is 10.8. The van der Waals surface area contributed by atoms with Crippen molar-refractivity contribution in [1.29, 1.82) is 0 Å². The number of nitrogens with zero attached hydrogens (tertiary/aromatic N) is 2. The zero-order valence-electron chi connectivity index (χ0n) is 10.9. The molecule has 0 fully saturated rings. The van der Waals surface area contributed by atoms with E-state index in [0.29, 0.717) is 6.42 Å². The molecule has 2 rings (SSSR count). The van der Waals surface area contributed by atoms with Crippen molar-refractivity contribution in [2.24, 2.45) is 0 Å². The first-order valence-electron chi connectivity index (χ1n) is 6.13. The second-order valence-corrected chi connectivity index (χ2v) is 4.68. The van der Waals surface area contributed by atoms with E-state index >= 15 is 0 Å². The number of aromatic nitrogens is 1. The molecule has 2 aromatic rings. The van der Waals surface area contributed by atoms with Gasteiger partial charge in [0.25, 0.3) is 0 Å². The van der Waals surface area contributed by atoms with Crippen molar-refractivity contribution in [2.75, 3.05) is 19.8 Å². The highest BCUT2D eigenvalue weighted by molar-refractivity contribution is 5.91. The van der Waals surface area contributed by atoms with Gasteiger partial charge in [0.15, 0.2) is 0 Å². The lowest BCUT2D eigenvalue weighted by Gasteiger charge is -2.10. The van der Waals surface area contributed by atoms with E-state index in [2.05, 4.69) is 10.6 Å². The average Bonchev–Trinajstić information content (AvgIpc) is 2.74. The Kier molecular flexibility index (Phi) is 3.55. The molecule has 0 aliphatic heterocycles. The van der Waals surface area contributed by atoms with E-state index in [4.69, 9.17) is 5.73 Å². The molecule has 1 aromatic carbocycles. The monoisotopic (exact) mass is 245 g/mol. The number of fused-ring (bicyclic) bond motifs is 1. The Morgan fingerprint density at radius 1 is 1.33 bits per heavy atom. The van der Waals surface area contributed by atoms with Crippen molar-refractivity contribution in [3.8, 4) is 0 Å². The Morgan fingerprint density at radius 3 is 2.83 bits per heavy atom.